The lowest BCUT2D eigenvalue weighted by atomic mass is 10.1. The number of benzene rings is 2. The van der Waals surface area contributed by atoms with Crippen molar-refractivity contribution in [2.24, 2.45) is 0 Å². The number of aromatic nitrogens is 2. The number of methoxy groups -OCH3 is 1. The van der Waals surface area contributed by atoms with Gasteiger partial charge in [0.25, 0.3) is 5.91 Å². The molecule has 3 rings (SSSR count). The smallest absolute Gasteiger partial charge is 0.251 e. The molecule has 3 aromatic rings. The first kappa shape index (κ1) is 16.9. The van der Waals surface area contributed by atoms with Crippen molar-refractivity contribution < 1.29 is 9.53 Å². The van der Waals surface area contributed by atoms with E-state index in [4.69, 9.17) is 16.3 Å². The Bertz CT molecular complexity index is 865. The second kappa shape index (κ2) is 7.77. The van der Waals surface area contributed by atoms with Crippen LogP contribution in [0.15, 0.2) is 60.7 Å². The van der Waals surface area contributed by atoms with Crippen LogP contribution < -0.4 is 10.1 Å². The van der Waals surface area contributed by atoms with Crippen LogP contribution in [0.4, 0.5) is 0 Å². The Morgan fingerprint density at radius 2 is 1.88 bits per heavy atom. The van der Waals surface area contributed by atoms with E-state index in [2.05, 4.69) is 15.5 Å². The molecule has 1 amide bonds. The van der Waals surface area contributed by atoms with E-state index in [9.17, 15) is 4.79 Å². The van der Waals surface area contributed by atoms with Gasteiger partial charge in [-0.15, -0.1) is 10.2 Å². The van der Waals surface area contributed by atoms with Gasteiger partial charge in [0.1, 0.15) is 0 Å². The first-order chi connectivity index (χ1) is 12.2. The third kappa shape index (κ3) is 4.33. The average Bonchev–Trinajstić information content (AvgIpc) is 2.66. The summed E-state index contributed by atoms with van der Waals surface area (Å²) in [6.45, 7) is 0.422. The van der Waals surface area contributed by atoms with Crippen molar-refractivity contribution in [3.05, 3.63) is 76.8 Å². The van der Waals surface area contributed by atoms with E-state index in [0.29, 0.717) is 28.7 Å². The van der Waals surface area contributed by atoms with Crippen molar-refractivity contribution in [2.45, 2.75) is 6.54 Å². The average molecular weight is 354 g/mol. The van der Waals surface area contributed by atoms with Crippen molar-refractivity contribution in [3.63, 3.8) is 0 Å². The van der Waals surface area contributed by atoms with Gasteiger partial charge in [-0.05, 0) is 35.9 Å². The molecular weight excluding hydrogens is 338 g/mol. The Morgan fingerprint density at radius 1 is 1.08 bits per heavy atom. The fourth-order valence-corrected chi connectivity index (χ4v) is 2.52. The van der Waals surface area contributed by atoms with E-state index in [1.54, 1.807) is 31.4 Å². The minimum Gasteiger partial charge on any atom is -0.480 e. The fraction of sp³-hybridized carbons (Fsp3) is 0.105. The molecule has 0 fully saturated rings. The monoisotopic (exact) mass is 353 g/mol. The van der Waals surface area contributed by atoms with Crippen LogP contribution in [-0.4, -0.2) is 23.2 Å². The highest BCUT2D eigenvalue weighted by atomic mass is 35.5. The summed E-state index contributed by atoms with van der Waals surface area (Å²) < 4.78 is 4.99. The van der Waals surface area contributed by atoms with Gasteiger partial charge in [0.05, 0.1) is 12.8 Å². The topological polar surface area (TPSA) is 64.1 Å². The maximum Gasteiger partial charge on any atom is 0.251 e. The van der Waals surface area contributed by atoms with Crippen LogP contribution in [0.3, 0.4) is 0 Å². The van der Waals surface area contributed by atoms with Gasteiger partial charge in [-0.3, -0.25) is 4.79 Å². The predicted molar refractivity (Wildman–Crippen MR) is 96.6 cm³/mol. The Kier molecular flexibility index (Phi) is 5.26. The van der Waals surface area contributed by atoms with E-state index in [0.717, 1.165) is 11.1 Å². The first-order valence-electron chi connectivity index (χ1n) is 7.66. The number of nitrogens with one attached hydrogen (secondary N) is 1. The predicted octanol–water partition coefficient (Wildman–Crippen LogP) is 3.74. The van der Waals surface area contributed by atoms with Crippen LogP contribution in [0, 0.1) is 0 Å². The Hall–Kier alpha value is -2.92. The maximum absolute atomic E-state index is 12.2. The van der Waals surface area contributed by atoms with Gasteiger partial charge in [-0.25, -0.2) is 0 Å². The van der Waals surface area contributed by atoms with Crippen LogP contribution in [0.25, 0.3) is 11.3 Å². The van der Waals surface area contributed by atoms with Gasteiger partial charge in [-0.1, -0.05) is 35.9 Å². The maximum atomic E-state index is 12.2. The highest BCUT2D eigenvalue weighted by molar-refractivity contribution is 6.30. The molecule has 0 spiro atoms. The van der Waals surface area contributed by atoms with Crippen molar-refractivity contribution in [1.82, 2.24) is 15.5 Å². The molecule has 1 aromatic heterocycles. The minimum absolute atomic E-state index is 0.146. The molecule has 2 aromatic carbocycles. The number of amides is 1. The molecule has 1 N–H and O–H groups in total. The van der Waals surface area contributed by atoms with E-state index in [1.807, 2.05) is 36.4 Å². The fourth-order valence-electron chi connectivity index (χ4n) is 2.31. The van der Waals surface area contributed by atoms with Gasteiger partial charge in [0.15, 0.2) is 0 Å². The zero-order valence-corrected chi connectivity index (χ0v) is 14.3. The van der Waals surface area contributed by atoms with Crippen molar-refractivity contribution in [3.8, 4) is 17.1 Å². The molecule has 0 unspecified atom stereocenters. The number of carbonyl (C=O) groups excluding carboxylic acids is 1. The van der Waals surface area contributed by atoms with Crippen molar-refractivity contribution in [1.29, 1.82) is 0 Å². The molecule has 0 saturated heterocycles. The number of ether oxygens (including phenoxy) is 1. The summed E-state index contributed by atoms with van der Waals surface area (Å²) in [4.78, 5) is 12.2. The van der Waals surface area contributed by atoms with Gasteiger partial charge in [0, 0.05) is 28.8 Å². The molecule has 25 heavy (non-hydrogen) atoms. The Morgan fingerprint density at radius 3 is 2.52 bits per heavy atom. The first-order valence-corrected chi connectivity index (χ1v) is 8.04. The number of halogens is 1. The molecule has 0 atom stereocenters. The summed E-state index contributed by atoms with van der Waals surface area (Å²) in [6, 6.07) is 18.2. The summed E-state index contributed by atoms with van der Waals surface area (Å²) >= 11 is 5.94. The highest BCUT2D eigenvalue weighted by Crippen LogP contribution is 2.18. The second-order valence-corrected chi connectivity index (χ2v) is 5.79. The molecule has 1 heterocycles. The number of hydrogen-bond acceptors (Lipinski definition) is 4. The Balaban J connectivity index is 1.65. The number of rotatable bonds is 5. The number of carbonyl (C=O) groups is 1. The summed E-state index contributed by atoms with van der Waals surface area (Å²) in [5.41, 5.74) is 3.12. The molecule has 6 heteroatoms. The molecule has 0 bridgehead atoms. The zero-order valence-electron chi connectivity index (χ0n) is 13.6. The lowest BCUT2D eigenvalue weighted by Crippen LogP contribution is -2.22. The molecule has 0 saturated carbocycles. The summed E-state index contributed by atoms with van der Waals surface area (Å²) in [7, 11) is 1.54. The van der Waals surface area contributed by atoms with E-state index < -0.39 is 0 Å². The summed E-state index contributed by atoms with van der Waals surface area (Å²) in [5, 5.41) is 11.6. The third-order valence-electron chi connectivity index (χ3n) is 3.63. The van der Waals surface area contributed by atoms with Crippen LogP contribution in [0.1, 0.15) is 15.9 Å². The van der Waals surface area contributed by atoms with Crippen LogP contribution in [0.2, 0.25) is 5.02 Å². The molecule has 0 aliphatic rings. The zero-order chi connectivity index (χ0) is 17.6. The molecule has 0 aliphatic carbocycles. The second-order valence-electron chi connectivity index (χ2n) is 5.35. The molecule has 5 nitrogen and oxygen atoms in total. The number of hydrogen-bond donors (Lipinski definition) is 1. The largest absolute Gasteiger partial charge is 0.480 e. The van der Waals surface area contributed by atoms with Gasteiger partial charge in [-0.2, -0.15) is 0 Å². The lowest BCUT2D eigenvalue weighted by molar-refractivity contribution is 0.0951. The highest BCUT2D eigenvalue weighted by Gasteiger charge is 2.07. The number of nitrogens with zero attached hydrogens (tertiary/aromatic N) is 2. The molecular formula is C19H16ClN3O2. The van der Waals surface area contributed by atoms with Gasteiger partial charge < -0.3 is 10.1 Å². The van der Waals surface area contributed by atoms with E-state index in [-0.39, 0.29) is 5.91 Å². The van der Waals surface area contributed by atoms with Crippen molar-refractivity contribution >= 4 is 17.5 Å². The van der Waals surface area contributed by atoms with E-state index >= 15 is 0 Å². The normalized spacial score (nSPS) is 10.3. The minimum atomic E-state index is -0.146. The molecule has 126 valence electrons. The quantitative estimate of drug-likeness (QED) is 0.759. The van der Waals surface area contributed by atoms with Crippen molar-refractivity contribution in [2.75, 3.05) is 7.11 Å². The van der Waals surface area contributed by atoms with Crippen LogP contribution in [-0.2, 0) is 6.54 Å². The SMILES string of the molecule is COc1ccc(-c2ccc(C(=O)NCc3cccc(Cl)c3)cc2)nn1. The van der Waals surface area contributed by atoms with E-state index in [1.165, 1.54) is 0 Å². The molecule has 0 radical (unpaired) electrons. The summed E-state index contributed by atoms with van der Waals surface area (Å²) in [6.07, 6.45) is 0. The van der Waals surface area contributed by atoms with Crippen LogP contribution in [0.5, 0.6) is 5.88 Å². The van der Waals surface area contributed by atoms with Gasteiger partial charge >= 0.3 is 0 Å². The third-order valence-corrected chi connectivity index (χ3v) is 3.87. The van der Waals surface area contributed by atoms with Crippen LogP contribution >= 0.6 is 11.6 Å². The Labute approximate surface area is 150 Å². The standard InChI is InChI=1S/C19H16ClN3O2/c1-25-18-10-9-17(22-23-18)14-5-7-15(8-6-14)19(24)21-12-13-3-2-4-16(20)11-13/h2-11H,12H2,1H3,(H,21,24). The lowest BCUT2D eigenvalue weighted by Gasteiger charge is -2.07. The van der Waals surface area contributed by atoms with Gasteiger partial charge in [0.2, 0.25) is 5.88 Å². The summed E-state index contributed by atoms with van der Waals surface area (Å²) in [5.74, 6) is 0.313. The molecule has 0 aliphatic heterocycles.